The zero-order valence-electron chi connectivity index (χ0n) is 11.6. The van der Waals surface area contributed by atoms with E-state index in [4.69, 9.17) is 9.47 Å². The van der Waals surface area contributed by atoms with Crippen LogP contribution < -0.4 is 0 Å². The average molecular weight is 311 g/mol. The fraction of sp³-hybridized carbons (Fsp3) is 0.833. The minimum atomic E-state index is -4.95. The molecule has 2 rings (SSSR count). The SMILES string of the molecule is COC(=O)C[C@@H]1[C@H](OC)O[C@@H]2CCN(C(=O)C(F)(F)F)[C@H]12. The van der Waals surface area contributed by atoms with Crippen LogP contribution in [0.5, 0.6) is 0 Å². The van der Waals surface area contributed by atoms with E-state index in [1.165, 1.54) is 14.2 Å². The average Bonchev–Trinajstić information content (AvgIpc) is 2.96. The highest BCUT2D eigenvalue weighted by molar-refractivity contribution is 5.82. The summed E-state index contributed by atoms with van der Waals surface area (Å²) < 4.78 is 53.0. The molecule has 4 atom stereocenters. The van der Waals surface area contributed by atoms with Gasteiger partial charge in [0.05, 0.1) is 25.7 Å². The first-order valence-electron chi connectivity index (χ1n) is 6.42. The maximum absolute atomic E-state index is 12.6. The predicted octanol–water partition coefficient (Wildman–Crippen LogP) is 0.700. The molecule has 0 aromatic heterocycles. The summed E-state index contributed by atoms with van der Waals surface area (Å²) in [7, 11) is 2.52. The summed E-state index contributed by atoms with van der Waals surface area (Å²) >= 11 is 0. The summed E-state index contributed by atoms with van der Waals surface area (Å²) in [5.74, 6) is -3.18. The maximum Gasteiger partial charge on any atom is 0.471 e. The Balaban J connectivity index is 2.21. The molecule has 0 aromatic carbocycles. The first-order chi connectivity index (χ1) is 9.79. The lowest BCUT2D eigenvalue weighted by molar-refractivity contribution is -0.187. The molecule has 0 aromatic rings. The molecule has 2 aliphatic heterocycles. The van der Waals surface area contributed by atoms with Gasteiger partial charge in [-0.05, 0) is 6.42 Å². The molecule has 6 nitrogen and oxygen atoms in total. The number of carbonyl (C=O) groups excluding carboxylic acids is 2. The van der Waals surface area contributed by atoms with Gasteiger partial charge in [-0.25, -0.2) is 0 Å². The van der Waals surface area contributed by atoms with Crippen LogP contribution in [0.3, 0.4) is 0 Å². The third kappa shape index (κ3) is 2.98. The molecule has 0 spiro atoms. The van der Waals surface area contributed by atoms with Crippen molar-refractivity contribution in [1.82, 2.24) is 4.90 Å². The number of rotatable bonds is 3. The number of hydrogen-bond acceptors (Lipinski definition) is 5. The van der Waals surface area contributed by atoms with Gasteiger partial charge in [0.2, 0.25) is 0 Å². The van der Waals surface area contributed by atoms with Crippen molar-refractivity contribution < 1.29 is 37.0 Å². The van der Waals surface area contributed by atoms with Crippen LogP contribution in [0.2, 0.25) is 0 Å². The topological polar surface area (TPSA) is 65.1 Å². The van der Waals surface area contributed by atoms with E-state index in [0.717, 1.165) is 4.90 Å². The van der Waals surface area contributed by atoms with Gasteiger partial charge in [0.25, 0.3) is 0 Å². The molecule has 0 bridgehead atoms. The predicted molar refractivity (Wildman–Crippen MR) is 62.0 cm³/mol. The van der Waals surface area contributed by atoms with E-state index in [1.807, 2.05) is 0 Å². The molecule has 0 unspecified atom stereocenters. The minimum Gasteiger partial charge on any atom is -0.469 e. The summed E-state index contributed by atoms with van der Waals surface area (Å²) in [6.45, 7) is -0.0538. The lowest BCUT2D eigenvalue weighted by atomic mass is 9.94. The molecule has 0 N–H and O–H groups in total. The Kier molecular flexibility index (Phi) is 4.43. The quantitative estimate of drug-likeness (QED) is 0.718. The minimum absolute atomic E-state index is 0.0538. The normalized spacial score (nSPS) is 32.1. The molecule has 0 aliphatic carbocycles. The Hall–Kier alpha value is -1.35. The largest absolute Gasteiger partial charge is 0.471 e. The number of carbonyl (C=O) groups is 2. The van der Waals surface area contributed by atoms with Gasteiger partial charge in [-0.3, -0.25) is 9.59 Å². The zero-order chi connectivity index (χ0) is 15.8. The number of amides is 1. The fourth-order valence-corrected chi connectivity index (χ4v) is 3.00. The molecule has 21 heavy (non-hydrogen) atoms. The molecule has 2 fully saturated rings. The van der Waals surface area contributed by atoms with Crippen molar-refractivity contribution in [2.75, 3.05) is 20.8 Å². The number of esters is 1. The fourth-order valence-electron chi connectivity index (χ4n) is 3.00. The molecule has 9 heteroatoms. The van der Waals surface area contributed by atoms with Crippen molar-refractivity contribution in [2.24, 2.45) is 5.92 Å². The molecule has 0 saturated carbocycles. The summed E-state index contributed by atoms with van der Waals surface area (Å²) in [4.78, 5) is 23.7. The van der Waals surface area contributed by atoms with Gasteiger partial charge in [0.1, 0.15) is 0 Å². The molecular weight excluding hydrogens is 295 g/mol. The van der Waals surface area contributed by atoms with Crippen LogP contribution in [0.4, 0.5) is 13.2 Å². The number of halogens is 3. The Labute approximate surface area is 119 Å². The highest BCUT2D eigenvalue weighted by Crippen LogP contribution is 2.41. The van der Waals surface area contributed by atoms with Crippen LogP contribution in [-0.4, -0.2) is 62.2 Å². The van der Waals surface area contributed by atoms with E-state index in [1.54, 1.807) is 0 Å². The molecule has 2 saturated heterocycles. The number of methoxy groups -OCH3 is 2. The van der Waals surface area contributed by atoms with Gasteiger partial charge in [-0.1, -0.05) is 0 Å². The second-order valence-corrected chi connectivity index (χ2v) is 5.00. The summed E-state index contributed by atoms with van der Waals surface area (Å²) in [5, 5.41) is 0. The van der Waals surface area contributed by atoms with Crippen molar-refractivity contribution in [2.45, 2.75) is 37.5 Å². The third-order valence-corrected chi connectivity index (χ3v) is 3.86. The third-order valence-electron chi connectivity index (χ3n) is 3.86. The highest BCUT2D eigenvalue weighted by atomic mass is 19.4. The number of likely N-dealkylation sites (tertiary alicyclic amines) is 1. The molecule has 120 valence electrons. The lowest BCUT2D eigenvalue weighted by Crippen LogP contribution is -2.48. The summed E-state index contributed by atoms with van der Waals surface area (Å²) in [6.07, 6.45) is -6.23. The smallest absolute Gasteiger partial charge is 0.469 e. The Bertz CT molecular complexity index is 428. The molecule has 0 radical (unpaired) electrons. The van der Waals surface area contributed by atoms with E-state index in [2.05, 4.69) is 4.74 Å². The van der Waals surface area contributed by atoms with E-state index >= 15 is 0 Å². The first kappa shape index (κ1) is 16.0. The monoisotopic (exact) mass is 311 g/mol. The second-order valence-electron chi connectivity index (χ2n) is 5.00. The van der Waals surface area contributed by atoms with Crippen molar-refractivity contribution >= 4 is 11.9 Å². The van der Waals surface area contributed by atoms with E-state index in [0.29, 0.717) is 0 Å². The van der Waals surface area contributed by atoms with E-state index < -0.39 is 42.4 Å². The van der Waals surface area contributed by atoms with Crippen LogP contribution in [0, 0.1) is 5.92 Å². The van der Waals surface area contributed by atoms with Gasteiger partial charge in [-0.2, -0.15) is 13.2 Å². The van der Waals surface area contributed by atoms with Gasteiger partial charge in [0, 0.05) is 19.6 Å². The Morgan fingerprint density at radius 3 is 2.52 bits per heavy atom. The number of ether oxygens (including phenoxy) is 3. The van der Waals surface area contributed by atoms with Crippen molar-refractivity contribution in [3.63, 3.8) is 0 Å². The first-order valence-corrected chi connectivity index (χ1v) is 6.42. The van der Waals surface area contributed by atoms with Crippen molar-refractivity contribution in [1.29, 1.82) is 0 Å². The summed E-state index contributed by atoms with van der Waals surface area (Å²) in [5.41, 5.74) is 0. The van der Waals surface area contributed by atoms with Crippen LogP contribution in [0.25, 0.3) is 0 Å². The molecular formula is C12H16F3NO5. The number of fused-ring (bicyclic) bond motifs is 1. The highest BCUT2D eigenvalue weighted by Gasteiger charge is 2.56. The van der Waals surface area contributed by atoms with Gasteiger partial charge in [0.15, 0.2) is 6.29 Å². The molecule has 2 heterocycles. The maximum atomic E-state index is 12.6. The van der Waals surface area contributed by atoms with Gasteiger partial charge < -0.3 is 19.1 Å². The standard InChI is InChI=1S/C12H16F3NO5/c1-19-8(17)5-6-9-7(21-10(6)20-2)3-4-16(9)11(18)12(13,14)15/h6-7,9-10H,3-5H2,1-2H3/t6-,7+,9+,10+/m0/s1. The van der Waals surface area contributed by atoms with Gasteiger partial charge >= 0.3 is 18.1 Å². The number of nitrogens with zero attached hydrogens (tertiary/aromatic N) is 1. The van der Waals surface area contributed by atoms with E-state index in [9.17, 15) is 22.8 Å². The van der Waals surface area contributed by atoms with Crippen LogP contribution >= 0.6 is 0 Å². The second kappa shape index (κ2) is 5.80. The van der Waals surface area contributed by atoms with Crippen molar-refractivity contribution in [3.8, 4) is 0 Å². The Morgan fingerprint density at radius 1 is 1.33 bits per heavy atom. The number of hydrogen-bond donors (Lipinski definition) is 0. The number of alkyl halides is 3. The van der Waals surface area contributed by atoms with Crippen molar-refractivity contribution in [3.05, 3.63) is 0 Å². The molecule has 2 aliphatic rings. The van der Waals surface area contributed by atoms with Crippen LogP contribution in [0.15, 0.2) is 0 Å². The summed E-state index contributed by atoms with van der Waals surface area (Å²) in [6, 6.07) is -0.830. The van der Waals surface area contributed by atoms with Crippen LogP contribution in [-0.2, 0) is 23.8 Å². The Morgan fingerprint density at radius 2 is 2.00 bits per heavy atom. The lowest BCUT2D eigenvalue weighted by Gasteiger charge is -2.29. The zero-order valence-corrected chi connectivity index (χ0v) is 11.6. The molecule has 1 amide bonds. The van der Waals surface area contributed by atoms with Crippen LogP contribution in [0.1, 0.15) is 12.8 Å². The van der Waals surface area contributed by atoms with E-state index in [-0.39, 0.29) is 19.4 Å². The van der Waals surface area contributed by atoms with Gasteiger partial charge in [-0.15, -0.1) is 0 Å².